The molecule has 0 saturated carbocycles. The quantitative estimate of drug-likeness (QED) is 0.243. The lowest BCUT2D eigenvalue weighted by Crippen LogP contribution is -2.06. The van der Waals surface area contributed by atoms with Gasteiger partial charge in [-0.15, -0.1) is 0 Å². The maximum absolute atomic E-state index is 13.4. The van der Waals surface area contributed by atoms with Crippen molar-refractivity contribution >= 4 is 8.25 Å². The van der Waals surface area contributed by atoms with Crippen molar-refractivity contribution < 1.29 is 13.6 Å². The molecule has 3 nitrogen and oxygen atoms in total. The lowest BCUT2D eigenvalue weighted by atomic mass is 10.00. The lowest BCUT2D eigenvalue weighted by molar-refractivity contribution is 0.163. The number of hydrogen-bond donors (Lipinski definition) is 0. The Morgan fingerprint density at radius 3 is 0.853 bits per heavy atom. The summed E-state index contributed by atoms with van der Waals surface area (Å²) < 4.78 is 25.7. The summed E-state index contributed by atoms with van der Waals surface area (Å²) in [5, 5.41) is 0. The maximum Gasteiger partial charge on any atom is 0.320 e. The van der Waals surface area contributed by atoms with Gasteiger partial charge in [-0.25, -0.2) is 0 Å². The van der Waals surface area contributed by atoms with Crippen molar-refractivity contribution in [2.75, 3.05) is 0 Å². The zero-order valence-electron chi connectivity index (χ0n) is 20.1. The van der Waals surface area contributed by atoms with Gasteiger partial charge in [0.1, 0.15) is 12.2 Å². The van der Waals surface area contributed by atoms with Crippen LogP contribution in [-0.2, 0) is 13.6 Å². The van der Waals surface area contributed by atoms with Crippen molar-refractivity contribution in [3.8, 4) is 0 Å². The Morgan fingerprint density at radius 2 is 0.647 bits per heavy atom. The van der Waals surface area contributed by atoms with Crippen molar-refractivity contribution in [2.45, 2.75) is 39.9 Å². The van der Waals surface area contributed by atoms with Gasteiger partial charge in [0.2, 0.25) is 0 Å². The summed E-state index contributed by atoms with van der Waals surface area (Å²) in [5.74, 6) is 0. The predicted molar refractivity (Wildman–Crippen MR) is 140 cm³/mol. The van der Waals surface area contributed by atoms with Gasteiger partial charge < -0.3 is 0 Å². The SMILES string of the molecule is Cc1ccc(C(O[PH](=O)OC(c2ccc(C)cc2)c2ccc(C)cc2)c2ccc(C)cc2)cc1. The predicted octanol–water partition coefficient (Wildman–Crippen LogP) is 8.22. The van der Waals surface area contributed by atoms with Gasteiger partial charge in [-0.3, -0.25) is 13.6 Å². The third-order valence-corrected chi connectivity index (χ3v) is 6.80. The zero-order chi connectivity index (χ0) is 24.1. The highest BCUT2D eigenvalue weighted by Gasteiger charge is 2.23. The van der Waals surface area contributed by atoms with E-state index in [2.05, 4.69) is 0 Å². The van der Waals surface area contributed by atoms with Crippen LogP contribution in [0.3, 0.4) is 0 Å². The van der Waals surface area contributed by atoms with E-state index in [1.165, 1.54) is 0 Å². The fraction of sp³-hybridized carbons (Fsp3) is 0.200. The van der Waals surface area contributed by atoms with Crippen molar-refractivity contribution in [3.05, 3.63) is 142 Å². The average molecular weight is 471 g/mol. The summed E-state index contributed by atoms with van der Waals surface area (Å²) in [4.78, 5) is 0. The van der Waals surface area contributed by atoms with Crippen LogP contribution in [0.15, 0.2) is 97.1 Å². The molecule has 174 valence electrons. The second-order valence-corrected chi connectivity index (χ2v) is 9.86. The molecule has 0 atom stereocenters. The molecule has 0 saturated heterocycles. The van der Waals surface area contributed by atoms with E-state index in [0.29, 0.717) is 0 Å². The van der Waals surface area contributed by atoms with E-state index >= 15 is 0 Å². The molecule has 0 unspecified atom stereocenters. The highest BCUT2D eigenvalue weighted by atomic mass is 31.1. The average Bonchev–Trinajstić information content (AvgIpc) is 2.84. The summed E-state index contributed by atoms with van der Waals surface area (Å²) in [6.45, 7) is 8.19. The third kappa shape index (κ3) is 6.12. The normalized spacial score (nSPS) is 11.5. The van der Waals surface area contributed by atoms with Crippen LogP contribution in [0, 0.1) is 27.7 Å². The standard InChI is InChI=1S/C30H31O3P/c1-21-5-13-25(14-6-21)29(26-15-7-22(2)8-16-26)32-34(31)33-30(27-17-9-23(3)10-18-27)28-19-11-24(4)12-20-28/h5-20,29-30,34H,1-4H3. The van der Waals surface area contributed by atoms with Crippen molar-refractivity contribution in [2.24, 2.45) is 0 Å². The van der Waals surface area contributed by atoms with E-state index in [4.69, 9.17) is 9.05 Å². The van der Waals surface area contributed by atoms with Gasteiger partial charge in [0.15, 0.2) is 0 Å². The van der Waals surface area contributed by atoms with E-state index in [1.54, 1.807) is 0 Å². The molecule has 0 aliphatic rings. The molecule has 34 heavy (non-hydrogen) atoms. The van der Waals surface area contributed by atoms with Crippen molar-refractivity contribution in [1.29, 1.82) is 0 Å². The van der Waals surface area contributed by atoms with Gasteiger partial charge in [-0.2, -0.15) is 0 Å². The summed E-state index contributed by atoms with van der Waals surface area (Å²) in [6.07, 6.45) is -0.964. The molecule has 4 aromatic carbocycles. The van der Waals surface area contributed by atoms with Crippen LogP contribution in [0.1, 0.15) is 56.7 Å². The van der Waals surface area contributed by atoms with Crippen LogP contribution in [0.5, 0.6) is 0 Å². The molecule has 4 aromatic rings. The Morgan fingerprint density at radius 1 is 0.441 bits per heavy atom. The number of aryl methyl sites for hydroxylation is 4. The highest BCUT2D eigenvalue weighted by molar-refractivity contribution is 7.33. The van der Waals surface area contributed by atoms with Gasteiger partial charge >= 0.3 is 8.25 Å². The largest absolute Gasteiger partial charge is 0.320 e. The van der Waals surface area contributed by atoms with E-state index in [1.807, 2.05) is 125 Å². The van der Waals surface area contributed by atoms with Gasteiger partial charge in [-0.1, -0.05) is 119 Å². The Bertz CT molecular complexity index is 1040. The molecule has 0 aliphatic heterocycles. The first kappa shape index (κ1) is 24.2. The van der Waals surface area contributed by atoms with Crippen LogP contribution in [0.25, 0.3) is 0 Å². The number of benzene rings is 4. The van der Waals surface area contributed by atoms with Crippen molar-refractivity contribution in [1.82, 2.24) is 0 Å². The molecule has 0 heterocycles. The summed E-state index contributed by atoms with van der Waals surface area (Å²) >= 11 is 0. The first-order chi connectivity index (χ1) is 16.4. The summed E-state index contributed by atoms with van der Waals surface area (Å²) in [7, 11) is -2.87. The topological polar surface area (TPSA) is 35.5 Å². The molecule has 0 aromatic heterocycles. The van der Waals surface area contributed by atoms with Gasteiger partial charge in [0, 0.05) is 0 Å². The first-order valence-corrected chi connectivity index (χ1v) is 12.7. The fourth-order valence-electron chi connectivity index (χ4n) is 3.84. The Labute approximate surface area is 203 Å². The Balaban J connectivity index is 1.63. The zero-order valence-corrected chi connectivity index (χ0v) is 21.1. The second kappa shape index (κ2) is 11.0. The summed E-state index contributed by atoms with van der Waals surface area (Å²) in [6, 6.07) is 32.5. The van der Waals surface area contributed by atoms with Crippen LogP contribution in [0.4, 0.5) is 0 Å². The molecule has 0 spiro atoms. The van der Waals surface area contributed by atoms with Gasteiger partial charge in [0.05, 0.1) is 0 Å². The number of hydrogen-bond acceptors (Lipinski definition) is 3. The molecule has 4 rings (SSSR count). The van der Waals surface area contributed by atoms with Gasteiger partial charge in [0.25, 0.3) is 0 Å². The minimum atomic E-state index is -2.87. The lowest BCUT2D eigenvalue weighted by Gasteiger charge is -2.23. The fourth-order valence-corrected chi connectivity index (χ4v) is 4.83. The molecule has 4 heteroatoms. The maximum atomic E-state index is 13.4. The monoisotopic (exact) mass is 470 g/mol. The molecular formula is C30H31O3P. The van der Waals surface area contributed by atoms with Crippen LogP contribution in [-0.4, -0.2) is 0 Å². The van der Waals surface area contributed by atoms with E-state index in [0.717, 1.165) is 44.5 Å². The first-order valence-electron chi connectivity index (χ1n) is 11.5. The van der Waals surface area contributed by atoms with Crippen LogP contribution in [0.2, 0.25) is 0 Å². The minimum absolute atomic E-state index is 0.482. The third-order valence-electron chi connectivity index (χ3n) is 5.95. The van der Waals surface area contributed by atoms with E-state index in [-0.39, 0.29) is 0 Å². The molecule has 0 radical (unpaired) electrons. The molecular weight excluding hydrogens is 439 g/mol. The van der Waals surface area contributed by atoms with Crippen LogP contribution >= 0.6 is 8.25 Å². The Kier molecular flexibility index (Phi) is 7.80. The highest BCUT2D eigenvalue weighted by Crippen LogP contribution is 2.43. The second-order valence-electron chi connectivity index (χ2n) is 8.89. The molecule has 0 N–H and O–H groups in total. The Hall–Kier alpha value is -2.97. The summed E-state index contributed by atoms with van der Waals surface area (Å²) in [5.41, 5.74) is 8.42. The molecule has 0 aliphatic carbocycles. The molecule has 0 fully saturated rings. The van der Waals surface area contributed by atoms with E-state index in [9.17, 15) is 4.57 Å². The number of rotatable bonds is 8. The minimum Gasteiger partial charge on any atom is -0.298 e. The molecule has 0 amide bonds. The van der Waals surface area contributed by atoms with E-state index < -0.39 is 20.5 Å². The smallest absolute Gasteiger partial charge is 0.298 e. The molecule has 0 bridgehead atoms. The van der Waals surface area contributed by atoms with Crippen molar-refractivity contribution in [3.63, 3.8) is 0 Å². The van der Waals surface area contributed by atoms with Gasteiger partial charge in [-0.05, 0) is 49.9 Å². The van der Waals surface area contributed by atoms with Crippen LogP contribution < -0.4 is 0 Å².